The Morgan fingerprint density at radius 3 is 3.07 bits per heavy atom. The number of quaternary nitrogens is 1. The number of aromatic amines is 2. The van der Waals surface area contributed by atoms with Crippen LogP contribution < -0.4 is 15.1 Å². The molecule has 2 aliphatic heterocycles. The highest BCUT2D eigenvalue weighted by molar-refractivity contribution is 5.87. The molecule has 0 bridgehead atoms. The third kappa shape index (κ3) is 2.55. The zero-order valence-corrected chi connectivity index (χ0v) is 14.7. The Bertz CT molecular complexity index is 1110. The minimum Gasteiger partial charge on any atom is -0.361 e. The lowest BCUT2D eigenvalue weighted by Crippen LogP contribution is -3.10. The molecule has 3 aromatic rings. The van der Waals surface area contributed by atoms with Crippen molar-refractivity contribution in [3.8, 4) is 0 Å². The Hall–Kier alpha value is -3.32. The van der Waals surface area contributed by atoms with Crippen LogP contribution in [0.3, 0.4) is 0 Å². The van der Waals surface area contributed by atoms with E-state index in [1.807, 2.05) is 12.4 Å². The van der Waals surface area contributed by atoms with Crippen LogP contribution in [0.15, 0.2) is 65.9 Å². The standard InChI is InChI=1S/C20H19N7/c1-2-13(1)17-10-18(25-24-17)23-20-12-26(11-19-22-7-8-27(19)20)15-3-4-16-14(9-15)5-6-21-16/h3-10,12-13,21H,1-2,11H2,(H2,23,24,25)/p+1. The van der Waals surface area contributed by atoms with Crippen molar-refractivity contribution in [1.29, 1.82) is 0 Å². The number of amidine groups is 1. The number of aromatic nitrogens is 3. The third-order valence-corrected chi connectivity index (χ3v) is 5.42. The molecule has 1 fully saturated rings. The number of H-pyrrole nitrogens is 2. The van der Waals surface area contributed by atoms with E-state index in [9.17, 15) is 0 Å². The highest BCUT2D eigenvalue weighted by Gasteiger charge is 2.32. The first-order valence-electron chi connectivity index (χ1n) is 9.32. The SMILES string of the molecule is C1=C[NH+]2C(Nc3cc(C4CC4)[nH]n3)=CN(c3ccc4[nH]ccc4c3)CC2=N1. The molecule has 1 saturated carbocycles. The van der Waals surface area contributed by atoms with Gasteiger partial charge in [-0.05, 0) is 37.1 Å². The molecular weight excluding hydrogens is 338 g/mol. The Balaban J connectivity index is 1.34. The Kier molecular flexibility index (Phi) is 3.06. The number of nitrogens with one attached hydrogen (secondary N) is 4. The first-order valence-corrected chi connectivity index (χ1v) is 9.32. The smallest absolute Gasteiger partial charge is 0.232 e. The van der Waals surface area contributed by atoms with Crippen LogP contribution in [0.5, 0.6) is 0 Å². The van der Waals surface area contributed by atoms with E-state index in [0.29, 0.717) is 5.92 Å². The van der Waals surface area contributed by atoms with Crippen molar-refractivity contribution in [3.05, 3.63) is 66.6 Å². The minimum absolute atomic E-state index is 0.661. The van der Waals surface area contributed by atoms with E-state index < -0.39 is 0 Å². The van der Waals surface area contributed by atoms with Crippen LogP contribution in [-0.4, -0.2) is 27.6 Å². The predicted octanol–water partition coefficient (Wildman–Crippen LogP) is 2.27. The van der Waals surface area contributed by atoms with Crippen LogP contribution in [0.1, 0.15) is 24.5 Å². The van der Waals surface area contributed by atoms with Crippen molar-refractivity contribution >= 4 is 28.2 Å². The molecule has 7 nitrogen and oxygen atoms in total. The van der Waals surface area contributed by atoms with Crippen LogP contribution in [0, 0.1) is 0 Å². The lowest BCUT2D eigenvalue weighted by atomic mass is 10.2. The summed E-state index contributed by atoms with van der Waals surface area (Å²) < 4.78 is 0. The van der Waals surface area contributed by atoms with E-state index in [4.69, 9.17) is 0 Å². The molecule has 134 valence electrons. The number of rotatable bonds is 4. The molecule has 27 heavy (non-hydrogen) atoms. The summed E-state index contributed by atoms with van der Waals surface area (Å²) in [5, 5.41) is 12.3. The molecule has 1 aliphatic carbocycles. The average molecular weight is 358 g/mol. The van der Waals surface area contributed by atoms with Gasteiger partial charge in [0.1, 0.15) is 12.7 Å². The highest BCUT2D eigenvalue weighted by atomic mass is 15.4. The van der Waals surface area contributed by atoms with E-state index in [2.05, 4.69) is 73.1 Å². The van der Waals surface area contributed by atoms with Crippen LogP contribution in [0.25, 0.3) is 10.9 Å². The Morgan fingerprint density at radius 2 is 2.15 bits per heavy atom. The number of aliphatic imine (C=N–C) groups is 1. The molecule has 3 aliphatic rings. The first kappa shape index (κ1) is 14.8. The molecule has 2 aromatic heterocycles. The number of fused-ring (bicyclic) bond motifs is 2. The maximum Gasteiger partial charge on any atom is 0.232 e. The number of anilines is 2. The molecule has 1 unspecified atom stereocenters. The summed E-state index contributed by atoms with van der Waals surface area (Å²) in [7, 11) is 0. The molecule has 0 saturated heterocycles. The molecule has 4 heterocycles. The van der Waals surface area contributed by atoms with E-state index in [1.165, 1.54) is 23.9 Å². The zero-order chi connectivity index (χ0) is 17.8. The van der Waals surface area contributed by atoms with Gasteiger partial charge in [-0.2, -0.15) is 5.10 Å². The largest absolute Gasteiger partial charge is 0.361 e. The topological polar surface area (TPSA) is 76.5 Å². The van der Waals surface area contributed by atoms with E-state index in [0.717, 1.165) is 40.1 Å². The summed E-state index contributed by atoms with van der Waals surface area (Å²) >= 11 is 0. The van der Waals surface area contributed by atoms with Crippen LogP contribution in [-0.2, 0) is 0 Å². The maximum absolute atomic E-state index is 4.56. The lowest BCUT2D eigenvalue weighted by molar-refractivity contribution is -0.698. The Labute approximate surface area is 156 Å². The van der Waals surface area contributed by atoms with E-state index in [1.54, 1.807) is 0 Å². The van der Waals surface area contributed by atoms with Gasteiger partial charge in [-0.3, -0.25) is 10.4 Å². The van der Waals surface area contributed by atoms with E-state index >= 15 is 0 Å². The summed E-state index contributed by atoms with van der Waals surface area (Å²) in [6.07, 6.45) is 10.6. The fourth-order valence-corrected chi connectivity index (χ4v) is 3.80. The lowest BCUT2D eigenvalue weighted by Gasteiger charge is -2.28. The number of hydrogen-bond acceptors (Lipinski definition) is 4. The second kappa shape index (κ2) is 5.59. The summed E-state index contributed by atoms with van der Waals surface area (Å²) in [6.45, 7) is 0.761. The molecule has 1 atom stereocenters. The van der Waals surface area contributed by atoms with E-state index in [-0.39, 0.29) is 0 Å². The predicted molar refractivity (Wildman–Crippen MR) is 105 cm³/mol. The number of nitrogens with zero attached hydrogens (tertiary/aromatic N) is 3. The molecule has 1 aromatic carbocycles. The van der Waals surface area contributed by atoms with Gasteiger partial charge in [-0.1, -0.05) is 0 Å². The monoisotopic (exact) mass is 358 g/mol. The van der Waals surface area contributed by atoms with Gasteiger partial charge in [0.15, 0.2) is 5.82 Å². The third-order valence-electron chi connectivity index (χ3n) is 5.42. The van der Waals surface area contributed by atoms with Gasteiger partial charge >= 0.3 is 0 Å². The van der Waals surface area contributed by atoms with Crippen molar-refractivity contribution in [2.45, 2.75) is 18.8 Å². The van der Waals surface area contributed by atoms with Crippen LogP contribution in [0.2, 0.25) is 0 Å². The molecular formula is C20H20N7+. The Morgan fingerprint density at radius 1 is 1.19 bits per heavy atom. The van der Waals surface area contributed by atoms with Crippen molar-refractivity contribution < 1.29 is 4.90 Å². The number of benzene rings is 1. The van der Waals surface area contributed by atoms with Gasteiger partial charge in [0.2, 0.25) is 11.7 Å². The minimum atomic E-state index is 0.661. The fourth-order valence-electron chi connectivity index (χ4n) is 3.80. The van der Waals surface area contributed by atoms with Crippen molar-refractivity contribution in [2.24, 2.45) is 4.99 Å². The molecule has 0 radical (unpaired) electrons. The first-order chi connectivity index (χ1) is 13.3. The van der Waals surface area contributed by atoms with Crippen molar-refractivity contribution in [3.63, 3.8) is 0 Å². The number of hydrogen-bond donors (Lipinski definition) is 4. The van der Waals surface area contributed by atoms with Gasteiger partial charge in [-0.15, -0.1) is 0 Å². The molecule has 0 amide bonds. The molecule has 7 heteroatoms. The van der Waals surface area contributed by atoms with Gasteiger partial charge in [0.05, 0.1) is 12.4 Å². The van der Waals surface area contributed by atoms with Crippen LogP contribution in [0.4, 0.5) is 11.5 Å². The summed E-state index contributed by atoms with van der Waals surface area (Å²) in [6, 6.07) is 10.7. The fraction of sp³-hybridized carbons (Fsp3) is 0.200. The summed E-state index contributed by atoms with van der Waals surface area (Å²) in [5.74, 6) is 3.62. The summed E-state index contributed by atoms with van der Waals surface area (Å²) in [5.41, 5.74) is 3.52. The van der Waals surface area contributed by atoms with Gasteiger partial charge in [-0.25, -0.2) is 9.89 Å². The second-order valence-corrected chi connectivity index (χ2v) is 7.33. The van der Waals surface area contributed by atoms with Gasteiger partial charge in [0, 0.05) is 40.5 Å². The quantitative estimate of drug-likeness (QED) is 0.578. The van der Waals surface area contributed by atoms with Crippen molar-refractivity contribution in [2.75, 3.05) is 16.8 Å². The molecule has 4 N–H and O–H groups in total. The van der Waals surface area contributed by atoms with Crippen LogP contribution >= 0.6 is 0 Å². The van der Waals surface area contributed by atoms with Gasteiger partial charge < -0.3 is 9.88 Å². The molecule has 0 spiro atoms. The summed E-state index contributed by atoms with van der Waals surface area (Å²) in [4.78, 5) is 11.2. The molecule has 6 rings (SSSR count). The maximum atomic E-state index is 4.56. The zero-order valence-electron chi connectivity index (χ0n) is 14.7. The van der Waals surface area contributed by atoms with Gasteiger partial charge in [0.25, 0.3) is 0 Å². The second-order valence-electron chi connectivity index (χ2n) is 7.33. The van der Waals surface area contributed by atoms with Crippen molar-refractivity contribution in [1.82, 2.24) is 15.2 Å². The normalized spacial score (nSPS) is 21.3. The highest BCUT2D eigenvalue weighted by Crippen LogP contribution is 2.39. The average Bonchev–Trinajstić information content (AvgIpc) is 3.10.